The lowest BCUT2D eigenvalue weighted by molar-refractivity contribution is -0.0771. The van der Waals surface area contributed by atoms with Crippen LogP contribution in [0.1, 0.15) is 26.3 Å². The fourth-order valence-corrected chi connectivity index (χ4v) is 3.65. The molecule has 0 aliphatic carbocycles. The first-order valence-corrected chi connectivity index (χ1v) is 10.5. The van der Waals surface area contributed by atoms with Crippen molar-refractivity contribution >= 4 is 41.3 Å². The molecule has 0 aliphatic rings. The first-order valence-electron chi connectivity index (χ1n) is 8.52. The van der Waals surface area contributed by atoms with Gasteiger partial charge in [-0.3, -0.25) is 4.98 Å². The van der Waals surface area contributed by atoms with Gasteiger partial charge in [0.05, 0.1) is 10.7 Å². The van der Waals surface area contributed by atoms with Gasteiger partial charge in [0, 0.05) is 23.5 Å². The van der Waals surface area contributed by atoms with Crippen LogP contribution in [0.2, 0.25) is 5.02 Å². The SMILES string of the molecule is CC(C)(C)c1ccc(OOSNc2cc(Cl)cnc2Sc2ccncc2)cc1. The van der Waals surface area contributed by atoms with Crippen LogP contribution in [0.15, 0.2) is 71.0 Å². The van der Waals surface area contributed by atoms with Gasteiger partial charge < -0.3 is 9.61 Å². The Morgan fingerprint density at radius 3 is 2.43 bits per heavy atom. The zero-order valence-electron chi connectivity index (χ0n) is 15.7. The number of hydrogen-bond donors (Lipinski definition) is 1. The quantitative estimate of drug-likeness (QED) is 0.149. The first-order chi connectivity index (χ1) is 13.4. The second kappa shape index (κ2) is 9.52. The number of hydrogen-bond acceptors (Lipinski definition) is 7. The summed E-state index contributed by atoms with van der Waals surface area (Å²) in [6.45, 7) is 6.50. The van der Waals surface area contributed by atoms with Crippen LogP contribution in [0.25, 0.3) is 0 Å². The Morgan fingerprint density at radius 2 is 1.75 bits per heavy atom. The second-order valence-electron chi connectivity index (χ2n) is 6.90. The number of aromatic nitrogens is 2. The average molecular weight is 434 g/mol. The van der Waals surface area contributed by atoms with Gasteiger partial charge >= 0.3 is 0 Å². The summed E-state index contributed by atoms with van der Waals surface area (Å²) in [5.41, 5.74) is 2.05. The molecule has 3 aromatic rings. The van der Waals surface area contributed by atoms with Crippen molar-refractivity contribution in [2.75, 3.05) is 4.72 Å². The van der Waals surface area contributed by atoms with E-state index >= 15 is 0 Å². The highest BCUT2D eigenvalue weighted by Crippen LogP contribution is 2.34. The molecule has 0 fully saturated rings. The molecule has 0 amide bonds. The van der Waals surface area contributed by atoms with E-state index in [4.69, 9.17) is 20.8 Å². The van der Waals surface area contributed by atoms with Gasteiger partial charge in [0.15, 0.2) is 18.0 Å². The highest BCUT2D eigenvalue weighted by Gasteiger charge is 2.13. The topological polar surface area (TPSA) is 56.3 Å². The zero-order chi connectivity index (χ0) is 20.0. The molecule has 0 unspecified atom stereocenters. The number of benzene rings is 1. The van der Waals surface area contributed by atoms with Crippen molar-refractivity contribution in [2.24, 2.45) is 0 Å². The third kappa shape index (κ3) is 6.04. The van der Waals surface area contributed by atoms with Crippen molar-refractivity contribution in [3.8, 4) is 5.75 Å². The van der Waals surface area contributed by atoms with Crippen LogP contribution in [-0.4, -0.2) is 9.97 Å². The van der Waals surface area contributed by atoms with E-state index < -0.39 is 0 Å². The van der Waals surface area contributed by atoms with Crippen molar-refractivity contribution in [1.82, 2.24) is 9.97 Å². The van der Waals surface area contributed by atoms with E-state index in [0.29, 0.717) is 10.8 Å². The fourth-order valence-electron chi connectivity index (χ4n) is 2.23. The predicted octanol–water partition coefficient (Wildman–Crippen LogP) is 6.56. The largest absolute Gasteiger partial charge is 0.324 e. The summed E-state index contributed by atoms with van der Waals surface area (Å²) in [5, 5.41) is 1.29. The summed E-state index contributed by atoms with van der Waals surface area (Å²) in [7, 11) is 0. The molecule has 0 aliphatic heterocycles. The van der Waals surface area contributed by atoms with Crippen molar-refractivity contribution in [2.45, 2.75) is 36.1 Å². The lowest BCUT2D eigenvalue weighted by Crippen LogP contribution is -2.10. The molecule has 0 atom stereocenters. The van der Waals surface area contributed by atoms with Crippen LogP contribution in [0.4, 0.5) is 5.69 Å². The minimum Gasteiger partial charge on any atom is -0.324 e. The third-order valence-electron chi connectivity index (χ3n) is 3.72. The van der Waals surface area contributed by atoms with Crippen molar-refractivity contribution in [3.63, 3.8) is 0 Å². The van der Waals surface area contributed by atoms with E-state index in [1.54, 1.807) is 24.7 Å². The number of anilines is 1. The smallest absolute Gasteiger partial charge is 0.166 e. The Morgan fingerprint density at radius 1 is 1.04 bits per heavy atom. The number of rotatable bonds is 7. The number of nitrogens with one attached hydrogen (secondary N) is 1. The van der Waals surface area contributed by atoms with E-state index in [2.05, 4.69) is 35.5 Å². The Hall–Kier alpha value is -1.93. The molecule has 3 rings (SSSR count). The molecule has 8 heteroatoms. The maximum atomic E-state index is 6.08. The molecule has 0 radical (unpaired) electrons. The highest BCUT2D eigenvalue weighted by atomic mass is 35.5. The van der Waals surface area contributed by atoms with E-state index in [-0.39, 0.29) is 5.41 Å². The van der Waals surface area contributed by atoms with Gasteiger partial charge in [-0.2, -0.15) is 0 Å². The maximum absolute atomic E-state index is 6.08. The highest BCUT2D eigenvalue weighted by molar-refractivity contribution is 7.99. The van der Waals surface area contributed by atoms with E-state index in [1.165, 1.54) is 17.3 Å². The summed E-state index contributed by atoms with van der Waals surface area (Å²) in [4.78, 5) is 14.7. The molecule has 1 aromatic carbocycles. The minimum atomic E-state index is 0.0954. The second-order valence-corrected chi connectivity index (χ2v) is 8.91. The summed E-state index contributed by atoms with van der Waals surface area (Å²) >= 11 is 8.52. The van der Waals surface area contributed by atoms with Crippen molar-refractivity contribution < 1.29 is 9.22 Å². The summed E-state index contributed by atoms with van der Waals surface area (Å²) in [6, 6.07) is 13.4. The molecule has 0 saturated heterocycles. The standard InChI is InChI=1S/C20H20ClN3O2S2/c1-20(2,3)14-4-6-16(7-5-14)25-26-28-24-18-12-15(21)13-23-19(18)27-17-8-10-22-11-9-17/h4-13,24H,1-3H3. The van der Waals surface area contributed by atoms with E-state index in [0.717, 1.165) is 27.8 Å². The van der Waals surface area contributed by atoms with Crippen molar-refractivity contribution in [1.29, 1.82) is 0 Å². The van der Waals surface area contributed by atoms with Crippen LogP contribution < -0.4 is 9.61 Å². The lowest BCUT2D eigenvalue weighted by atomic mass is 9.87. The molecular formula is C20H20ClN3O2S2. The van der Waals surface area contributed by atoms with Crippen LogP contribution in [-0.2, 0) is 9.75 Å². The van der Waals surface area contributed by atoms with Gasteiger partial charge in [-0.1, -0.05) is 60.6 Å². The first kappa shape index (κ1) is 20.8. The molecule has 0 bridgehead atoms. The van der Waals surface area contributed by atoms with E-state index in [1.807, 2.05) is 36.4 Å². The molecule has 1 N–H and O–H groups in total. The number of nitrogens with zero attached hydrogens (tertiary/aromatic N) is 2. The van der Waals surface area contributed by atoms with Gasteiger partial charge in [-0.15, -0.1) is 0 Å². The monoisotopic (exact) mass is 433 g/mol. The van der Waals surface area contributed by atoms with Crippen LogP contribution >= 0.6 is 35.6 Å². The molecule has 2 heterocycles. The Balaban J connectivity index is 1.56. The van der Waals surface area contributed by atoms with Crippen LogP contribution in [0, 0.1) is 0 Å². The summed E-state index contributed by atoms with van der Waals surface area (Å²) in [5.74, 6) is 0.623. The van der Waals surface area contributed by atoms with Gasteiger partial charge in [0.2, 0.25) is 0 Å². The zero-order valence-corrected chi connectivity index (χ0v) is 18.1. The molecule has 28 heavy (non-hydrogen) atoms. The molecule has 2 aromatic heterocycles. The lowest BCUT2D eigenvalue weighted by Gasteiger charge is -2.18. The maximum Gasteiger partial charge on any atom is 0.166 e. The van der Waals surface area contributed by atoms with Gasteiger partial charge in [0.1, 0.15) is 5.03 Å². The average Bonchev–Trinajstić information content (AvgIpc) is 2.68. The van der Waals surface area contributed by atoms with Gasteiger partial charge in [0.25, 0.3) is 0 Å². The fraction of sp³-hybridized carbons (Fsp3) is 0.200. The summed E-state index contributed by atoms with van der Waals surface area (Å²) in [6.07, 6.45) is 5.08. The number of halogens is 1. The Kier molecular flexibility index (Phi) is 7.07. The third-order valence-corrected chi connectivity index (χ3v) is 5.39. The minimum absolute atomic E-state index is 0.0954. The Bertz CT molecular complexity index is 904. The molecule has 0 saturated carbocycles. The number of pyridine rings is 2. The van der Waals surface area contributed by atoms with E-state index in [9.17, 15) is 0 Å². The van der Waals surface area contributed by atoms with Gasteiger partial charge in [-0.05, 0) is 41.3 Å². The van der Waals surface area contributed by atoms with Crippen molar-refractivity contribution in [3.05, 3.63) is 71.6 Å². The van der Waals surface area contributed by atoms with Gasteiger partial charge in [-0.25, -0.2) is 4.98 Å². The van der Waals surface area contributed by atoms with Crippen LogP contribution in [0.5, 0.6) is 5.75 Å². The predicted molar refractivity (Wildman–Crippen MR) is 116 cm³/mol. The normalized spacial score (nSPS) is 11.3. The Labute approximate surface area is 178 Å². The summed E-state index contributed by atoms with van der Waals surface area (Å²) < 4.78 is 8.28. The molecule has 146 valence electrons. The molecular weight excluding hydrogens is 414 g/mol. The molecule has 5 nitrogen and oxygen atoms in total. The molecule has 0 spiro atoms. The van der Waals surface area contributed by atoms with Crippen LogP contribution in [0.3, 0.4) is 0 Å².